The molecule has 1 heterocycles. The average molecular weight is 247 g/mol. The van der Waals surface area contributed by atoms with Gasteiger partial charge in [0.15, 0.2) is 5.82 Å². The second-order valence-corrected chi connectivity index (χ2v) is 6.60. The van der Waals surface area contributed by atoms with Crippen molar-refractivity contribution in [3.63, 3.8) is 0 Å². The third kappa shape index (κ3) is 1.40. The van der Waals surface area contributed by atoms with Gasteiger partial charge in [-0.3, -0.25) is 0 Å². The van der Waals surface area contributed by atoms with Crippen LogP contribution in [0, 0.1) is 23.7 Å². The molecule has 4 bridgehead atoms. The predicted octanol–water partition coefficient (Wildman–Crippen LogP) is 1.16. The number of rotatable bonds is 3. The molecule has 0 aromatic carbocycles. The zero-order valence-electron chi connectivity index (χ0n) is 10.9. The van der Waals surface area contributed by atoms with Crippen LogP contribution in [-0.2, 0) is 6.42 Å². The Morgan fingerprint density at radius 1 is 1.17 bits per heavy atom. The molecule has 4 aliphatic carbocycles. The van der Waals surface area contributed by atoms with Gasteiger partial charge in [0.1, 0.15) is 0 Å². The van der Waals surface area contributed by atoms with E-state index >= 15 is 0 Å². The molecule has 4 fully saturated rings. The Morgan fingerprint density at radius 3 is 2.33 bits per heavy atom. The molecule has 5 nitrogen and oxygen atoms in total. The van der Waals surface area contributed by atoms with Crippen molar-refractivity contribution in [3.05, 3.63) is 5.82 Å². The minimum absolute atomic E-state index is 0.233. The average Bonchev–Trinajstić information content (AvgIpc) is 2.86. The topological polar surface area (TPSA) is 66.5 Å². The summed E-state index contributed by atoms with van der Waals surface area (Å²) in [5, 5.41) is 18.3. The molecule has 5 rings (SSSR count). The molecule has 98 valence electrons. The third-order valence-corrected chi connectivity index (χ3v) is 5.90. The van der Waals surface area contributed by atoms with Gasteiger partial charge in [-0.2, -0.15) is 5.21 Å². The maximum Gasteiger partial charge on any atom is 0.176 e. The predicted molar refractivity (Wildman–Crippen MR) is 66.7 cm³/mol. The first-order valence-electron chi connectivity index (χ1n) is 7.21. The van der Waals surface area contributed by atoms with E-state index in [2.05, 4.69) is 33.0 Å². The second-order valence-electron chi connectivity index (χ2n) is 6.60. The molecular formula is C13H21N5. The van der Waals surface area contributed by atoms with Crippen molar-refractivity contribution in [1.29, 1.82) is 0 Å². The molecule has 5 heteroatoms. The highest BCUT2D eigenvalue weighted by molar-refractivity contribution is 5.13. The number of tetrazole rings is 1. The van der Waals surface area contributed by atoms with Crippen LogP contribution in [0.5, 0.6) is 0 Å². The van der Waals surface area contributed by atoms with E-state index in [1.165, 1.54) is 32.1 Å². The second kappa shape index (κ2) is 3.76. The fraction of sp³-hybridized carbons (Fsp3) is 0.923. The Bertz CT molecular complexity index is 399. The Kier molecular flexibility index (Phi) is 2.28. The van der Waals surface area contributed by atoms with Gasteiger partial charge in [-0.25, -0.2) is 0 Å². The maximum absolute atomic E-state index is 4.17. The van der Waals surface area contributed by atoms with E-state index in [0.29, 0.717) is 0 Å². The van der Waals surface area contributed by atoms with Gasteiger partial charge in [-0.05, 0) is 62.8 Å². The number of nitrogens with zero attached hydrogens (tertiary/aromatic N) is 3. The van der Waals surface area contributed by atoms with Crippen LogP contribution < -0.4 is 5.32 Å². The van der Waals surface area contributed by atoms with Crippen LogP contribution in [0.25, 0.3) is 0 Å². The van der Waals surface area contributed by atoms with Crippen molar-refractivity contribution < 1.29 is 0 Å². The van der Waals surface area contributed by atoms with E-state index in [1.807, 2.05) is 0 Å². The Hall–Kier alpha value is -0.970. The van der Waals surface area contributed by atoms with Crippen LogP contribution in [-0.4, -0.2) is 33.2 Å². The first-order valence-corrected chi connectivity index (χ1v) is 7.21. The van der Waals surface area contributed by atoms with E-state index in [9.17, 15) is 0 Å². The van der Waals surface area contributed by atoms with Crippen molar-refractivity contribution >= 4 is 0 Å². The van der Waals surface area contributed by atoms with Crippen LogP contribution in [0.3, 0.4) is 0 Å². The lowest BCUT2D eigenvalue weighted by atomic mass is 9.48. The van der Waals surface area contributed by atoms with Gasteiger partial charge in [0.2, 0.25) is 0 Å². The van der Waals surface area contributed by atoms with Crippen molar-refractivity contribution in [2.75, 3.05) is 7.05 Å². The van der Waals surface area contributed by atoms with E-state index in [0.717, 1.165) is 35.9 Å². The molecule has 0 saturated heterocycles. The van der Waals surface area contributed by atoms with Gasteiger partial charge < -0.3 is 5.32 Å². The summed E-state index contributed by atoms with van der Waals surface area (Å²) in [4.78, 5) is 0. The number of hydrogen-bond acceptors (Lipinski definition) is 4. The molecule has 0 spiro atoms. The summed E-state index contributed by atoms with van der Waals surface area (Å²) in [5.41, 5.74) is 0.233. The monoisotopic (exact) mass is 247 g/mol. The number of aromatic nitrogens is 4. The molecule has 0 atom stereocenters. The number of likely N-dealkylation sites (N-methyl/N-ethyl adjacent to an activating group) is 1. The first kappa shape index (κ1) is 10.9. The Morgan fingerprint density at radius 2 is 1.83 bits per heavy atom. The molecule has 18 heavy (non-hydrogen) atoms. The Labute approximate surface area is 107 Å². The molecule has 0 aliphatic heterocycles. The van der Waals surface area contributed by atoms with Crippen molar-refractivity contribution in [1.82, 2.24) is 25.9 Å². The Balaban J connectivity index is 1.67. The van der Waals surface area contributed by atoms with Gasteiger partial charge >= 0.3 is 0 Å². The van der Waals surface area contributed by atoms with Crippen LogP contribution in [0.4, 0.5) is 0 Å². The largest absolute Gasteiger partial charge is 0.313 e. The number of aromatic amines is 1. The highest BCUT2D eigenvalue weighted by Crippen LogP contribution is 2.58. The number of nitrogens with one attached hydrogen (secondary N) is 2. The van der Waals surface area contributed by atoms with Crippen LogP contribution in [0.2, 0.25) is 0 Å². The quantitative estimate of drug-likeness (QED) is 0.841. The normalized spacial score (nSPS) is 45.6. The summed E-state index contributed by atoms with van der Waals surface area (Å²) in [6.45, 7) is 0. The zero-order chi connectivity index (χ0) is 12.2. The van der Waals surface area contributed by atoms with Crippen molar-refractivity contribution in [3.8, 4) is 0 Å². The zero-order valence-corrected chi connectivity index (χ0v) is 10.9. The molecule has 0 amide bonds. The van der Waals surface area contributed by atoms with Gasteiger partial charge in [0.05, 0.1) is 0 Å². The van der Waals surface area contributed by atoms with Crippen molar-refractivity contribution in [2.24, 2.45) is 23.7 Å². The fourth-order valence-corrected chi connectivity index (χ4v) is 5.33. The smallest absolute Gasteiger partial charge is 0.176 e. The molecule has 4 aliphatic rings. The molecular weight excluding hydrogens is 226 g/mol. The maximum atomic E-state index is 4.17. The summed E-state index contributed by atoms with van der Waals surface area (Å²) in [6, 6.07) is 0. The highest BCUT2D eigenvalue weighted by Gasteiger charge is 2.56. The minimum Gasteiger partial charge on any atom is -0.313 e. The molecule has 1 aromatic heterocycles. The SMILES string of the molecule is CNC1(Cc2nn[nH]n2)C2CC3CC(C2)CC1C3. The van der Waals surface area contributed by atoms with E-state index in [4.69, 9.17) is 0 Å². The molecule has 0 unspecified atom stereocenters. The lowest BCUT2D eigenvalue weighted by Gasteiger charge is -2.61. The number of hydrogen-bond donors (Lipinski definition) is 2. The van der Waals surface area contributed by atoms with Crippen LogP contribution in [0.15, 0.2) is 0 Å². The number of H-pyrrole nitrogens is 1. The third-order valence-electron chi connectivity index (χ3n) is 5.90. The van der Waals surface area contributed by atoms with E-state index in [1.54, 1.807) is 0 Å². The van der Waals surface area contributed by atoms with Crippen LogP contribution in [0.1, 0.15) is 37.9 Å². The fourth-order valence-electron chi connectivity index (χ4n) is 5.33. The van der Waals surface area contributed by atoms with Gasteiger partial charge in [-0.1, -0.05) is 5.21 Å². The molecule has 2 N–H and O–H groups in total. The van der Waals surface area contributed by atoms with Gasteiger partial charge in [0.25, 0.3) is 0 Å². The molecule has 4 saturated carbocycles. The summed E-state index contributed by atoms with van der Waals surface area (Å²) < 4.78 is 0. The molecule has 0 radical (unpaired) electrons. The summed E-state index contributed by atoms with van der Waals surface area (Å²) in [5.74, 6) is 4.50. The summed E-state index contributed by atoms with van der Waals surface area (Å²) in [6.07, 6.45) is 8.07. The van der Waals surface area contributed by atoms with Gasteiger partial charge in [0, 0.05) is 12.0 Å². The standard InChI is InChI=1S/C13H21N5/c1-14-13(7-12-15-17-18-16-12)10-3-8-2-9(5-10)6-11(13)4-8/h8-11,14H,2-7H2,1H3,(H,15,16,17,18). The first-order chi connectivity index (χ1) is 8.80. The lowest BCUT2D eigenvalue weighted by molar-refractivity contribution is -0.0711. The summed E-state index contributed by atoms with van der Waals surface area (Å²) >= 11 is 0. The summed E-state index contributed by atoms with van der Waals surface area (Å²) in [7, 11) is 2.13. The minimum atomic E-state index is 0.233. The van der Waals surface area contributed by atoms with Gasteiger partial charge in [-0.15, -0.1) is 10.2 Å². The lowest BCUT2D eigenvalue weighted by Crippen LogP contribution is -2.65. The van der Waals surface area contributed by atoms with Crippen molar-refractivity contribution in [2.45, 2.75) is 44.1 Å². The highest BCUT2D eigenvalue weighted by atomic mass is 15.5. The molecule has 1 aromatic rings. The van der Waals surface area contributed by atoms with E-state index < -0.39 is 0 Å². The van der Waals surface area contributed by atoms with E-state index in [-0.39, 0.29) is 5.54 Å². The van der Waals surface area contributed by atoms with Crippen LogP contribution >= 0.6 is 0 Å².